The molecule has 0 saturated heterocycles. The summed E-state index contributed by atoms with van der Waals surface area (Å²) in [7, 11) is -4.14. The zero-order valence-electron chi connectivity index (χ0n) is 19.0. The molecule has 0 spiro atoms. The van der Waals surface area contributed by atoms with Crippen LogP contribution >= 0.6 is 0 Å². The van der Waals surface area contributed by atoms with Crippen LogP contribution in [0.1, 0.15) is 46.7 Å². The van der Waals surface area contributed by atoms with Gasteiger partial charge in [0.05, 0.1) is 9.82 Å². The molecule has 0 radical (unpaired) electrons. The van der Waals surface area contributed by atoms with Crippen molar-refractivity contribution in [2.45, 2.75) is 49.5 Å². The normalized spacial score (nSPS) is 15.3. The average molecular weight is 492 g/mol. The average Bonchev–Trinajstić information content (AvgIpc) is 3.52. The second-order valence-corrected chi connectivity index (χ2v) is 10.7. The predicted molar refractivity (Wildman–Crippen MR) is 132 cm³/mol. The Morgan fingerprint density at radius 3 is 2.06 bits per heavy atom. The van der Waals surface area contributed by atoms with Gasteiger partial charge in [-0.2, -0.15) is 4.72 Å². The molecule has 0 unspecified atom stereocenters. The smallest absolute Gasteiger partial charge is 0.269 e. The Morgan fingerprint density at radius 2 is 1.49 bits per heavy atom. The van der Waals surface area contributed by atoms with Crippen molar-refractivity contribution in [2.75, 3.05) is 5.32 Å². The molecular weight excluding hydrogens is 466 g/mol. The van der Waals surface area contributed by atoms with Crippen LogP contribution in [0.2, 0.25) is 0 Å². The highest BCUT2D eigenvalue weighted by atomic mass is 32.2. The van der Waals surface area contributed by atoms with Crippen LogP contribution in [-0.2, 0) is 40.5 Å². The van der Waals surface area contributed by atoms with Crippen LogP contribution < -0.4 is 10.0 Å². The van der Waals surface area contributed by atoms with E-state index in [0.29, 0.717) is 5.56 Å². The number of rotatable bonds is 7. The number of nitro groups is 1. The number of hydrogen-bond acceptors (Lipinski definition) is 5. The van der Waals surface area contributed by atoms with E-state index in [2.05, 4.69) is 16.1 Å². The molecule has 8 nitrogen and oxygen atoms in total. The standard InChI is InChI=1S/C26H25N3O5S/c30-26(27-25-22-10-4-8-18(22)16-19-9-5-11-23(19)25)24(17-6-2-1-3-7-17)28-35(33,34)21-14-12-20(13-15-21)29(31)32/h1-3,6-7,12-16,24,28H,4-5,8-11H2,(H,27,30)/t24-/m0/s1. The summed E-state index contributed by atoms with van der Waals surface area (Å²) in [6.07, 6.45) is 5.83. The highest BCUT2D eigenvalue weighted by Gasteiger charge is 2.31. The third-order valence-electron chi connectivity index (χ3n) is 6.75. The lowest BCUT2D eigenvalue weighted by atomic mass is 9.98. The first-order chi connectivity index (χ1) is 16.8. The molecule has 2 aliphatic rings. The molecule has 3 aromatic rings. The summed E-state index contributed by atoms with van der Waals surface area (Å²) in [4.78, 5) is 23.8. The fourth-order valence-corrected chi connectivity index (χ4v) is 6.24. The quantitative estimate of drug-likeness (QED) is 0.379. The molecule has 0 heterocycles. The second-order valence-electron chi connectivity index (χ2n) is 8.94. The maximum absolute atomic E-state index is 13.6. The number of nitro benzene ring substituents is 1. The van der Waals surface area contributed by atoms with E-state index < -0.39 is 26.9 Å². The minimum absolute atomic E-state index is 0.154. The van der Waals surface area contributed by atoms with Crippen LogP contribution in [0.3, 0.4) is 0 Å². The van der Waals surface area contributed by atoms with Crippen molar-refractivity contribution in [1.82, 2.24) is 4.72 Å². The van der Waals surface area contributed by atoms with Gasteiger partial charge in [0, 0.05) is 17.8 Å². The summed E-state index contributed by atoms with van der Waals surface area (Å²) in [6.45, 7) is 0. The van der Waals surface area contributed by atoms with Gasteiger partial charge < -0.3 is 5.32 Å². The number of carbonyl (C=O) groups excluding carboxylic acids is 1. The monoisotopic (exact) mass is 491 g/mol. The maximum Gasteiger partial charge on any atom is 0.269 e. The van der Waals surface area contributed by atoms with Crippen LogP contribution in [0.25, 0.3) is 0 Å². The molecule has 0 saturated carbocycles. The Kier molecular flexibility index (Phi) is 6.12. The third kappa shape index (κ3) is 4.56. The number of hydrogen-bond donors (Lipinski definition) is 2. The van der Waals surface area contributed by atoms with Crippen molar-refractivity contribution >= 4 is 27.3 Å². The molecule has 35 heavy (non-hydrogen) atoms. The van der Waals surface area contributed by atoms with Gasteiger partial charge in [-0.3, -0.25) is 14.9 Å². The van der Waals surface area contributed by atoms with E-state index >= 15 is 0 Å². The van der Waals surface area contributed by atoms with E-state index in [9.17, 15) is 23.3 Å². The molecule has 0 bridgehead atoms. The second kappa shape index (κ2) is 9.24. The van der Waals surface area contributed by atoms with Crippen molar-refractivity contribution in [3.05, 3.63) is 98.6 Å². The summed E-state index contributed by atoms with van der Waals surface area (Å²) in [5, 5.41) is 14.0. The van der Waals surface area contributed by atoms with Crippen molar-refractivity contribution < 1.29 is 18.1 Å². The predicted octanol–water partition coefficient (Wildman–Crippen LogP) is 4.23. The van der Waals surface area contributed by atoms with E-state index in [4.69, 9.17) is 0 Å². The number of nitrogens with one attached hydrogen (secondary N) is 2. The highest BCUT2D eigenvalue weighted by Crippen LogP contribution is 2.39. The Morgan fingerprint density at radius 1 is 0.886 bits per heavy atom. The molecule has 0 aliphatic heterocycles. The van der Waals surface area contributed by atoms with Gasteiger partial charge in [0.1, 0.15) is 6.04 Å². The zero-order valence-corrected chi connectivity index (χ0v) is 19.8. The highest BCUT2D eigenvalue weighted by molar-refractivity contribution is 7.89. The first-order valence-electron chi connectivity index (χ1n) is 11.6. The van der Waals surface area contributed by atoms with Gasteiger partial charge in [-0.25, -0.2) is 8.42 Å². The van der Waals surface area contributed by atoms with Gasteiger partial charge >= 0.3 is 0 Å². The molecule has 0 fully saturated rings. The lowest BCUT2D eigenvalue weighted by Gasteiger charge is -2.22. The third-order valence-corrected chi connectivity index (χ3v) is 8.19. The first kappa shape index (κ1) is 23.2. The Balaban J connectivity index is 1.48. The Bertz CT molecular complexity index is 1370. The molecule has 9 heteroatoms. The minimum Gasteiger partial charge on any atom is -0.324 e. The SMILES string of the molecule is O=C(Nc1c2c(cc3c1CCC3)CCC2)[C@@H](NS(=O)(=O)c1ccc([N+](=O)[O-])cc1)c1ccccc1. The number of benzene rings is 3. The van der Waals surface area contributed by atoms with Crippen molar-refractivity contribution in [2.24, 2.45) is 0 Å². The number of non-ortho nitro benzene ring substituents is 1. The molecule has 2 N–H and O–H groups in total. The molecule has 5 rings (SSSR count). The van der Waals surface area contributed by atoms with Crippen LogP contribution in [0.4, 0.5) is 11.4 Å². The number of carbonyl (C=O) groups is 1. The van der Waals surface area contributed by atoms with E-state index in [1.807, 2.05) is 0 Å². The van der Waals surface area contributed by atoms with Gasteiger partial charge in [0.2, 0.25) is 15.9 Å². The number of sulfonamides is 1. The molecule has 2 aliphatic carbocycles. The molecule has 1 atom stereocenters. The lowest BCUT2D eigenvalue weighted by molar-refractivity contribution is -0.384. The maximum atomic E-state index is 13.6. The van der Waals surface area contributed by atoms with E-state index in [-0.39, 0.29) is 10.6 Å². The molecule has 3 aromatic carbocycles. The van der Waals surface area contributed by atoms with E-state index in [1.54, 1.807) is 30.3 Å². The largest absolute Gasteiger partial charge is 0.324 e. The van der Waals surface area contributed by atoms with Crippen molar-refractivity contribution in [3.8, 4) is 0 Å². The van der Waals surface area contributed by atoms with E-state index in [0.717, 1.165) is 79.6 Å². The number of amides is 1. The summed E-state index contributed by atoms with van der Waals surface area (Å²) in [5.41, 5.74) is 5.97. The summed E-state index contributed by atoms with van der Waals surface area (Å²) < 4.78 is 28.9. The van der Waals surface area contributed by atoms with Gasteiger partial charge in [0.15, 0.2) is 0 Å². The van der Waals surface area contributed by atoms with E-state index in [1.165, 1.54) is 11.1 Å². The molecule has 1 amide bonds. The number of anilines is 1. The number of aryl methyl sites for hydroxylation is 2. The molecule has 180 valence electrons. The topological polar surface area (TPSA) is 118 Å². The van der Waals surface area contributed by atoms with Gasteiger partial charge in [-0.05, 0) is 78.5 Å². The summed E-state index contributed by atoms with van der Waals surface area (Å²) in [6, 6.07) is 14.4. The van der Waals surface area contributed by atoms with Crippen LogP contribution in [0.5, 0.6) is 0 Å². The van der Waals surface area contributed by atoms with Crippen LogP contribution in [-0.4, -0.2) is 19.2 Å². The van der Waals surface area contributed by atoms with Crippen molar-refractivity contribution in [1.29, 1.82) is 0 Å². The Hall–Kier alpha value is -3.56. The van der Waals surface area contributed by atoms with Crippen LogP contribution in [0, 0.1) is 10.1 Å². The first-order valence-corrected chi connectivity index (χ1v) is 13.1. The number of nitrogens with zero attached hydrogens (tertiary/aromatic N) is 1. The fraction of sp³-hybridized carbons (Fsp3) is 0.269. The van der Waals surface area contributed by atoms with Crippen molar-refractivity contribution in [3.63, 3.8) is 0 Å². The fourth-order valence-electron chi connectivity index (χ4n) is 5.05. The van der Waals surface area contributed by atoms with Gasteiger partial charge in [-0.1, -0.05) is 36.4 Å². The minimum atomic E-state index is -4.14. The summed E-state index contributed by atoms with van der Waals surface area (Å²) >= 11 is 0. The molecular formula is C26H25N3O5S. The zero-order chi connectivity index (χ0) is 24.6. The van der Waals surface area contributed by atoms with Gasteiger partial charge in [0.25, 0.3) is 5.69 Å². The molecule has 0 aromatic heterocycles. The number of fused-ring (bicyclic) bond motifs is 2. The lowest BCUT2D eigenvalue weighted by Crippen LogP contribution is -2.37. The summed E-state index contributed by atoms with van der Waals surface area (Å²) in [5.74, 6) is -0.462. The van der Waals surface area contributed by atoms with Gasteiger partial charge in [-0.15, -0.1) is 0 Å². The Labute approximate surface area is 203 Å². The van der Waals surface area contributed by atoms with Crippen LogP contribution in [0.15, 0.2) is 65.6 Å².